The molecule has 0 saturated carbocycles. The second-order valence-corrected chi connectivity index (χ2v) is 8.22. The summed E-state index contributed by atoms with van der Waals surface area (Å²) in [6.07, 6.45) is 2.14. The molecule has 2 aromatic rings. The fourth-order valence-corrected chi connectivity index (χ4v) is 4.57. The Hall–Kier alpha value is -2.33. The molecule has 4 nitrogen and oxygen atoms in total. The average molecular weight is 394 g/mol. The van der Waals surface area contributed by atoms with Gasteiger partial charge in [-0.3, -0.25) is 4.90 Å². The molecule has 3 rings (SSSR count). The van der Waals surface area contributed by atoms with Crippen LogP contribution in [0.3, 0.4) is 0 Å². The normalized spacial score (nSPS) is 16.4. The van der Waals surface area contributed by atoms with E-state index in [0.717, 1.165) is 52.1 Å². The van der Waals surface area contributed by atoms with E-state index >= 15 is 0 Å². The summed E-state index contributed by atoms with van der Waals surface area (Å²) in [7, 11) is 1.96. The molecule has 2 aromatic carbocycles. The number of likely N-dealkylation sites (tertiary alicyclic amines) is 1. The van der Waals surface area contributed by atoms with Gasteiger partial charge in [0.25, 0.3) is 0 Å². The van der Waals surface area contributed by atoms with Gasteiger partial charge in [-0.2, -0.15) is 0 Å². The topological polar surface area (TPSA) is 26.8 Å². The minimum atomic E-state index is 0.0199. The number of piperidine rings is 1. The van der Waals surface area contributed by atoms with E-state index in [1.807, 2.05) is 30.7 Å². The summed E-state index contributed by atoms with van der Waals surface area (Å²) in [4.78, 5) is 19.3. The number of hydrogen-bond donors (Lipinski definition) is 0. The van der Waals surface area contributed by atoms with E-state index in [-0.39, 0.29) is 11.4 Å². The van der Waals surface area contributed by atoms with Crippen LogP contribution in [0, 0.1) is 0 Å². The first-order valence-electron chi connectivity index (χ1n) is 10.9. The number of hydrogen-bond acceptors (Lipinski definition) is 2. The molecule has 1 fully saturated rings. The van der Waals surface area contributed by atoms with Crippen molar-refractivity contribution in [3.05, 3.63) is 71.8 Å². The zero-order valence-corrected chi connectivity index (χ0v) is 18.2. The van der Waals surface area contributed by atoms with E-state index in [9.17, 15) is 4.79 Å². The molecule has 2 amide bonds. The number of urea groups is 1. The van der Waals surface area contributed by atoms with Crippen molar-refractivity contribution < 1.29 is 4.79 Å². The second-order valence-electron chi connectivity index (χ2n) is 8.22. The Morgan fingerprint density at radius 3 is 2.03 bits per heavy atom. The molecule has 156 valence electrons. The van der Waals surface area contributed by atoms with Crippen LogP contribution in [-0.4, -0.2) is 60.5 Å². The lowest BCUT2D eigenvalue weighted by Crippen LogP contribution is -2.51. The van der Waals surface area contributed by atoms with Crippen LogP contribution >= 0.6 is 0 Å². The molecule has 0 aliphatic carbocycles. The molecule has 0 radical (unpaired) electrons. The highest BCUT2D eigenvalue weighted by Gasteiger charge is 2.38. The Morgan fingerprint density at radius 1 is 0.931 bits per heavy atom. The minimum Gasteiger partial charge on any atom is -0.327 e. The molecule has 1 heterocycles. The largest absolute Gasteiger partial charge is 0.327 e. The first-order chi connectivity index (χ1) is 14.1. The van der Waals surface area contributed by atoms with Gasteiger partial charge in [-0.05, 0) is 50.9 Å². The van der Waals surface area contributed by atoms with Gasteiger partial charge in [-0.15, -0.1) is 0 Å². The third-order valence-corrected chi connectivity index (χ3v) is 6.35. The van der Waals surface area contributed by atoms with Gasteiger partial charge in [0.15, 0.2) is 0 Å². The van der Waals surface area contributed by atoms with Gasteiger partial charge in [0.1, 0.15) is 0 Å². The lowest BCUT2D eigenvalue weighted by Gasteiger charge is -2.44. The summed E-state index contributed by atoms with van der Waals surface area (Å²) in [5.74, 6) is 0. The summed E-state index contributed by atoms with van der Waals surface area (Å²) in [6, 6.07) is 21.6. The summed E-state index contributed by atoms with van der Waals surface area (Å²) in [6.45, 7) is 9.47. The van der Waals surface area contributed by atoms with Gasteiger partial charge < -0.3 is 9.80 Å². The molecular formula is C25H35N3O. The van der Waals surface area contributed by atoms with Gasteiger partial charge >= 0.3 is 6.03 Å². The van der Waals surface area contributed by atoms with Crippen molar-refractivity contribution in [1.29, 1.82) is 0 Å². The Labute approximate surface area is 176 Å². The molecule has 1 saturated heterocycles. The van der Waals surface area contributed by atoms with Gasteiger partial charge in [-0.25, -0.2) is 4.79 Å². The molecule has 1 aliphatic rings. The van der Waals surface area contributed by atoms with Crippen LogP contribution in [0.5, 0.6) is 0 Å². The zero-order valence-electron chi connectivity index (χ0n) is 18.2. The van der Waals surface area contributed by atoms with Crippen LogP contribution in [0.4, 0.5) is 4.79 Å². The summed E-state index contributed by atoms with van der Waals surface area (Å²) >= 11 is 0. The van der Waals surface area contributed by atoms with Gasteiger partial charge in [0.05, 0.1) is 0 Å². The highest BCUT2D eigenvalue weighted by Crippen LogP contribution is 2.37. The van der Waals surface area contributed by atoms with E-state index in [1.165, 1.54) is 11.1 Å². The summed E-state index contributed by atoms with van der Waals surface area (Å²) < 4.78 is 0. The van der Waals surface area contributed by atoms with Crippen molar-refractivity contribution >= 4 is 6.03 Å². The molecule has 0 atom stereocenters. The SMILES string of the molecule is CCN(CC)C(=O)N(C)CC1(c2ccccc2)CCN(Cc2ccccc2)CC1. The van der Waals surface area contributed by atoms with Crippen LogP contribution in [0.25, 0.3) is 0 Å². The molecule has 4 heteroatoms. The van der Waals surface area contributed by atoms with Crippen molar-refractivity contribution in [2.24, 2.45) is 0 Å². The summed E-state index contributed by atoms with van der Waals surface area (Å²) in [5.41, 5.74) is 2.75. The van der Waals surface area contributed by atoms with Crippen LogP contribution in [0.15, 0.2) is 60.7 Å². The van der Waals surface area contributed by atoms with Crippen molar-refractivity contribution in [3.8, 4) is 0 Å². The lowest BCUT2D eigenvalue weighted by molar-refractivity contribution is 0.114. The minimum absolute atomic E-state index is 0.0199. The van der Waals surface area contributed by atoms with Crippen molar-refractivity contribution in [3.63, 3.8) is 0 Å². The highest BCUT2D eigenvalue weighted by atomic mass is 16.2. The van der Waals surface area contributed by atoms with Crippen LogP contribution in [0.1, 0.15) is 37.8 Å². The fourth-order valence-electron chi connectivity index (χ4n) is 4.57. The maximum atomic E-state index is 12.9. The average Bonchev–Trinajstić information content (AvgIpc) is 2.77. The molecular weight excluding hydrogens is 358 g/mol. The van der Waals surface area contributed by atoms with Gasteiger partial charge in [0, 0.05) is 38.6 Å². The zero-order chi connectivity index (χ0) is 20.7. The fraction of sp³-hybridized carbons (Fsp3) is 0.480. The van der Waals surface area contributed by atoms with E-state index in [0.29, 0.717) is 0 Å². The molecule has 0 unspecified atom stereocenters. The van der Waals surface area contributed by atoms with E-state index in [1.54, 1.807) is 0 Å². The molecule has 0 bridgehead atoms. The number of carbonyl (C=O) groups is 1. The van der Waals surface area contributed by atoms with E-state index < -0.39 is 0 Å². The number of amides is 2. The van der Waals surface area contributed by atoms with Crippen LogP contribution < -0.4 is 0 Å². The lowest BCUT2D eigenvalue weighted by atomic mass is 9.72. The quantitative estimate of drug-likeness (QED) is 0.687. The standard InChI is InChI=1S/C25H35N3O/c1-4-28(5-2)24(29)26(3)21-25(23-14-10-7-11-15-23)16-18-27(19-17-25)20-22-12-8-6-9-13-22/h6-15H,4-5,16-21H2,1-3H3. The molecule has 29 heavy (non-hydrogen) atoms. The third-order valence-electron chi connectivity index (χ3n) is 6.35. The summed E-state index contributed by atoms with van der Waals surface area (Å²) in [5, 5.41) is 0. The van der Waals surface area contributed by atoms with Gasteiger partial charge in [0.2, 0.25) is 0 Å². The van der Waals surface area contributed by atoms with Crippen molar-refractivity contribution in [2.45, 2.75) is 38.6 Å². The number of rotatable bonds is 7. The number of nitrogens with zero attached hydrogens (tertiary/aromatic N) is 3. The first-order valence-corrected chi connectivity index (χ1v) is 10.9. The Kier molecular flexibility index (Phi) is 7.32. The number of benzene rings is 2. The van der Waals surface area contributed by atoms with Crippen LogP contribution in [-0.2, 0) is 12.0 Å². The Morgan fingerprint density at radius 2 is 1.48 bits per heavy atom. The second kappa shape index (κ2) is 9.93. The Bertz CT molecular complexity index is 750. The van der Waals surface area contributed by atoms with E-state index in [2.05, 4.69) is 65.6 Å². The molecule has 0 N–H and O–H groups in total. The predicted molar refractivity (Wildman–Crippen MR) is 120 cm³/mol. The van der Waals surface area contributed by atoms with Crippen molar-refractivity contribution in [2.75, 3.05) is 39.8 Å². The number of carbonyl (C=O) groups excluding carboxylic acids is 1. The smallest absolute Gasteiger partial charge is 0.319 e. The number of likely N-dealkylation sites (N-methyl/N-ethyl adjacent to an activating group) is 1. The van der Waals surface area contributed by atoms with Crippen molar-refractivity contribution in [1.82, 2.24) is 14.7 Å². The maximum Gasteiger partial charge on any atom is 0.319 e. The Balaban J connectivity index is 1.74. The maximum absolute atomic E-state index is 12.9. The van der Waals surface area contributed by atoms with Gasteiger partial charge in [-0.1, -0.05) is 60.7 Å². The highest BCUT2D eigenvalue weighted by molar-refractivity contribution is 5.74. The predicted octanol–water partition coefficient (Wildman–Crippen LogP) is 4.61. The monoisotopic (exact) mass is 393 g/mol. The molecule has 0 spiro atoms. The third kappa shape index (κ3) is 5.18. The first kappa shape index (κ1) is 21.4. The molecule has 1 aliphatic heterocycles. The van der Waals surface area contributed by atoms with Crippen LogP contribution in [0.2, 0.25) is 0 Å². The molecule has 0 aromatic heterocycles. The van der Waals surface area contributed by atoms with E-state index in [4.69, 9.17) is 0 Å².